The molecular weight excluding hydrogens is 976 g/mol. The second-order valence-electron chi connectivity index (χ2n) is 22.6. The van der Waals surface area contributed by atoms with E-state index in [9.17, 15) is 19.5 Å². The molecule has 12 rings (SSSR count). The fourth-order valence-electron chi connectivity index (χ4n) is 13.6. The highest BCUT2D eigenvalue weighted by Crippen LogP contribution is 2.41. The summed E-state index contributed by atoms with van der Waals surface area (Å²) in [5, 5.41) is 18.3. The number of aromatic nitrogens is 5. The number of piperidine rings is 4. The number of imidazole rings is 1. The number of aryl methyl sites for hydroxylation is 2. The normalized spacial score (nSPS) is 23.1. The summed E-state index contributed by atoms with van der Waals surface area (Å²) in [5.74, 6) is -0.445. The van der Waals surface area contributed by atoms with Gasteiger partial charge in [0.1, 0.15) is 46.9 Å². The lowest BCUT2D eigenvalue weighted by Crippen LogP contribution is -2.51. The van der Waals surface area contributed by atoms with E-state index >= 15 is 13.2 Å². The topological polar surface area (TPSA) is 166 Å². The van der Waals surface area contributed by atoms with Crippen molar-refractivity contribution in [1.29, 1.82) is 0 Å². The Labute approximate surface area is 439 Å². The number of likely N-dealkylation sites (tertiary alicyclic amines) is 2. The lowest BCUT2D eigenvalue weighted by molar-refractivity contribution is -0.135. The van der Waals surface area contributed by atoms with Gasteiger partial charge in [-0.25, -0.2) is 18.0 Å². The summed E-state index contributed by atoms with van der Waals surface area (Å²) in [6, 6.07) is 11.8. The summed E-state index contributed by atoms with van der Waals surface area (Å²) < 4.78 is 58.2. The first kappa shape index (κ1) is 50.5. The number of hydrogen-bond acceptors (Lipinski definition) is 13. The van der Waals surface area contributed by atoms with Gasteiger partial charge in [0.2, 0.25) is 11.8 Å². The van der Waals surface area contributed by atoms with Crippen LogP contribution in [0.1, 0.15) is 89.2 Å². The number of alkyl halides is 1. The highest BCUT2D eigenvalue weighted by molar-refractivity contribution is 6.02. The number of phenolic OH excluding ortho intramolecular Hbond substituents is 1. The van der Waals surface area contributed by atoms with Crippen molar-refractivity contribution in [2.24, 2.45) is 18.9 Å². The van der Waals surface area contributed by atoms with E-state index in [0.717, 1.165) is 82.5 Å². The zero-order valence-corrected chi connectivity index (χ0v) is 43.5. The molecule has 0 saturated carbocycles. The Morgan fingerprint density at radius 1 is 0.829 bits per heavy atom. The van der Waals surface area contributed by atoms with Gasteiger partial charge >= 0.3 is 11.7 Å². The second kappa shape index (κ2) is 20.6. The lowest BCUT2D eigenvalue weighted by Gasteiger charge is -2.41. The minimum Gasteiger partial charge on any atom is -0.508 e. The molecule has 3 N–H and O–H groups in total. The van der Waals surface area contributed by atoms with Crippen molar-refractivity contribution < 1.29 is 32.6 Å². The van der Waals surface area contributed by atoms with Crippen LogP contribution in [0, 0.1) is 23.5 Å². The predicted molar refractivity (Wildman–Crippen MR) is 286 cm³/mol. The van der Waals surface area contributed by atoms with E-state index in [4.69, 9.17) is 9.72 Å². The molecule has 3 aromatic carbocycles. The van der Waals surface area contributed by atoms with Gasteiger partial charge in [0, 0.05) is 95.4 Å². The Hall–Kier alpha value is -6.31. The summed E-state index contributed by atoms with van der Waals surface area (Å²) >= 11 is 0. The number of ether oxygens (including phenoxy) is 1. The molecule has 16 nitrogen and oxygen atoms in total. The van der Waals surface area contributed by atoms with Crippen LogP contribution >= 0.6 is 0 Å². The maximum Gasteiger partial charge on any atom is 0.329 e. The van der Waals surface area contributed by atoms with Crippen LogP contribution in [0.3, 0.4) is 0 Å². The van der Waals surface area contributed by atoms with Gasteiger partial charge in [-0.3, -0.25) is 33.9 Å². The maximum absolute atomic E-state index is 17.1. The smallest absolute Gasteiger partial charge is 0.329 e. The first-order chi connectivity index (χ1) is 36.8. The van der Waals surface area contributed by atoms with E-state index in [-0.39, 0.29) is 65.2 Å². The molecule has 6 saturated heterocycles. The molecule has 3 aromatic heterocycles. The number of fused-ring (bicyclic) bond motifs is 5. The number of carbonyl (C=O) groups is 2. The van der Waals surface area contributed by atoms with Crippen LogP contribution in [-0.4, -0.2) is 141 Å². The second-order valence-corrected chi connectivity index (χ2v) is 22.6. The maximum atomic E-state index is 17.1. The van der Waals surface area contributed by atoms with E-state index < -0.39 is 29.3 Å². The van der Waals surface area contributed by atoms with E-state index in [1.165, 1.54) is 16.7 Å². The summed E-state index contributed by atoms with van der Waals surface area (Å²) in [6.07, 6.45) is 10.2. The van der Waals surface area contributed by atoms with Gasteiger partial charge in [-0.1, -0.05) is 13.0 Å². The number of benzene rings is 3. The van der Waals surface area contributed by atoms with Crippen molar-refractivity contribution in [3.8, 4) is 23.0 Å². The number of imide groups is 1. The number of nitrogens with zero attached hydrogens (tertiary/aromatic N) is 9. The van der Waals surface area contributed by atoms with Crippen LogP contribution in [-0.2, 0) is 23.1 Å². The fourth-order valence-corrected chi connectivity index (χ4v) is 13.6. The van der Waals surface area contributed by atoms with Gasteiger partial charge in [0.05, 0.1) is 16.4 Å². The Bertz CT molecular complexity index is 3260. The molecule has 0 spiro atoms. The minimum absolute atomic E-state index is 0.0409. The standard InChI is InChI=1S/C57H68F3N11O5/c1-3-41-44(58)8-4-36-26-40(72)28-42(49(36)41)51-50(59)52-43(30-61-51)53(70-32-37-5-6-38(33-70)62-37)65-55(64-52)76-25-24-67-22-16-57(60,17-23-67)29-34-12-18-68(19-13-34)31-35-14-20-69(21-15-35)39-7-9-45-47(27-39)66(2)56(75)71(45)46-10-11-48(73)63-54(46)74/h4,7-9,26-28,30,34-35,37-38,46,62,72H,3,5-6,10-25,29,31-33H2,1-2H3,(H,63,73,74). The van der Waals surface area contributed by atoms with E-state index in [1.807, 2.05) is 25.1 Å². The first-order valence-corrected chi connectivity index (χ1v) is 27.7. The number of halogens is 3. The van der Waals surface area contributed by atoms with Gasteiger partial charge in [0.15, 0.2) is 5.82 Å². The van der Waals surface area contributed by atoms with Crippen molar-refractivity contribution in [3.63, 3.8) is 0 Å². The van der Waals surface area contributed by atoms with Crippen LogP contribution in [0.4, 0.5) is 24.7 Å². The Kier molecular flexibility index (Phi) is 13.7. The number of rotatable bonds is 13. The van der Waals surface area contributed by atoms with Gasteiger partial charge < -0.3 is 29.9 Å². The van der Waals surface area contributed by atoms with Crippen molar-refractivity contribution >= 4 is 56.0 Å². The molecule has 402 valence electrons. The van der Waals surface area contributed by atoms with Crippen LogP contribution < -0.4 is 30.9 Å². The molecular formula is C57H68F3N11O5. The number of phenols is 1. The van der Waals surface area contributed by atoms with Crippen LogP contribution in [0.25, 0.3) is 44.0 Å². The average molecular weight is 1040 g/mol. The largest absolute Gasteiger partial charge is 0.508 e. The molecule has 3 atom stereocenters. The first-order valence-electron chi connectivity index (χ1n) is 27.7. The summed E-state index contributed by atoms with van der Waals surface area (Å²) in [6.45, 7) is 10.1. The summed E-state index contributed by atoms with van der Waals surface area (Å²) in [7, 11) is 1.73. The van der Waals surface area contributed by atoms with E-state index in [0.29, 0.717) is 110 Å². The molecule has 19 heteroatoms. The van der Waals surface area contributed by atoms with Crippen molar-refractivity contribution in [1.82, 2.24) is 44.5 Å². The number of amides is 2. The number of hydrogen-bond donors (Lipinski definition) is 3. The van der Waals surface area contributed by atoms with Crippen LogP contribution in [0.15, 0.2) is 53.5 Å². The SMILES string of the molecule is CCc1c(F)ccc2cc(O)cc(-c3ncc4c(N5CC6CCC(C5)N6)nc(OCCN5CCC(F)(CC6CCN(CC7CCN(c8ccc9c(c8)n(C)c(=O)n9C8CCC(=O)NC8=O)CC7)CC6)CC5)nc4c3F)c12. The monoisotopic (exact) mass is 1040 g/mol. The molecule has 0 radical (unpaired) electrons. The quantitative estimate of drug-likeness (QED) is 0.0999. The molecule has 76 heavy (non-hydrogen) atoms. The highest BCUT2D eigenvalue weighted by Gasteiger charge is 2.39. The average Bonchev–Trinajstić information content (AvgIpc) is 3.95. The van der Waals surface area contributed by atoms with Gasteiger partial charge in [-0.2, -0.15) is 9.97 Å². The zero-order chi connectivity index (χ0) is 52.4. The van der Waals surface area contributed by atoms with E-state index in [1.54, 1.807) is 29.9 Å². The van der Waals surface area contributed by atoms with E-state index in [2.05, 4.69) is 40.2 Å². The predicted octanol–water partition coefficient (Wildman–Crippen LogP) is 7.16. The summed E-state index contributed by atoms with van der Waals surface area (Å²) in [4.78, 5) is 61.2. The molecule has 2 bridgehead atoms. The van der Waals surface area contributed by atoms with Crippen LogP contribution in [0.2, 0.25) is 0 Å². The third kappa shape index (κ3) is 9.75. The lowest BCUT2D eigenvalue weighted by atomic mass is 9.80. The highest BCUT2D eigenvalue weighted by atomic mass is 19.1. The molecule has 6 aliphatic heterocycles. The fraction of sp³-hybridized carbons (Fsp3) is 0.544. The van der Waals surface area contributed by atoms with Gasteiger partial charge in [-0.15, -0.1) is 0 Å². The summed E-state index contributed by atoms with van der Waals surface area (Å²) in [5.41, 5.74) is 1.75. The zero-order valence-electron chi connectivity index (χ0n) is 43.5. The third-order valence-electron chi connectivity index (χ3n) is 17.8. The Morgan fingerprint density at radius 3 is 2.32 bits per heavy atom. The molecule has 0 aliphatic carbocycles. The Morgan fingerprint density at radius 2 is 1.58 bits per heavy atom. The molecule has 2 amide bonds. The molecule has 6 fully saturated rings. The Balaban J connectivity index is 0.634. The number of anilines is 2. The number of carbonyl (C=O) groups excluding carboxylic acids is 2. The molecule has 9 heterocycles. The number of aromatic hydroxyl groups is 1. The van der Waals surface area contributed by atoms with Crippen LogP contribution in [0.5, 0.6) is 11.8 Å². The minimum atomic E-state index is -1.20. The van der Waals surface area contributed by atoms with Gasteiger partial charge in [-0.05, 0) is 148 Å². The number of nitrogens with one attached hydrogen (secondary N) is 2. The number of pyridine rings is 1. The molecule has 3 unspecified atom stereocenters. The van der Waals surface area contributed by atoms with Crippen molar-refractivity contribution in [3.05, 3.63) is 76.3 Å². The van der Waals surface area contributed by atoms with Crippen molar-refractivity contribution in [2.45, 2.75) is 108 Å². The molecule has 6 aromatic rings. The third-order valence-corrected chi connectivity index (χ3v) is 17.8. The van der Waals surface area contributed by atoms with Crippen molar-refractivity contribution in [2.75, 3.05) is 81.9 Å². The van der Waals surface area contributed by atoms with Gasteiger partial charge in [0.25, 0.3) is 0 Å². The number of piperazine rings is 1. The molecule has 6 aliphatic rings.